The number of amides is 1. The van der Waals surface area contributed by atoms with Gasteiger partial charge in [-0.05, 0) is 79.8 Å². The third kappa shape index (κ3) is 7.31. The van der Waals surface area contributed by atoms with Crippen LogP contribution in [-0.4, -0.2) is 27.7 Å². The first-order valence-corrected chi connectivity index (χ1v) is 15.2. The van der Waals surface area contributed by atoms with E-state index in [1.54, 1.807) is 0 Å². The van der Waals surface area contributed by atoms with Crippen LogP contribution in [0.15, 0.2) is 72.8 Å². The summed E-state index contributed by atoms with van der Waals surface area (Å²) in [5.41, 5.74) is 2.90. The minimum atomic E-state index is -4.40. The number of nitrogens with zero attached hydrogens (tertiary/aromatic N) is 2. The molecule has 44 heavy (non-hydrogen) atoms. The van der Waals surface area contributed by atoms with Crippen LogP contribution in [0.3, 0.4) is 0 Å². The summed E-state index contributed by atoms with van der Waals surface area (Å²) >= 11 is 0. The largest absolute Gasteiger partial charge is 0.458 e. The van der Waals surface area contributed by atoms with E-state index in [0.717, 1.165) is 28.8 Å². The van der Waals surface area contributed by atoms with E-state index in [9.17, 15) is 22.8 Å². The Morgan fingerprint density at radius 2 is 1.61 bits per heavy atom. The summed E-state index contributed by atoms with van der Waals surface area (Å²) in [5.74, 6) is -0.429. The predicted octanol–water partition coefficient (Wildman–Crippen LogP) is 7.89. The first-order valence-electron chi connectivity index (χ1n) is 15.2. The fourth-order valence-corrected chi connectivity index (χ4v) is 5.91. The number of rotatable bonds is 9. The van der Waals surface area contributed by atoms with Gasteiger partial charge in [-0.2, -0.15) is 18.3 Å². The molecule has 1 aromatic heterocycles. The van der Waals surface area contributed by atoms with Crippen molar-refractivity contribution >= 4 is 22.8 Å². The summed E-state index contributed by atoms with van der Waals surface area (Å²) in [6.07, 6.45) is -1.84. The number of hydrogen-bond donors (Lipinski definition) is 1. The van der Waals surface area contributed by atoms with Crippen LogP contribution < -0.4 is 5.32 Å². The highest BCUT2D eigenvalue weighted by Crippen LogP contribution is 2.32. The highest BCUT2D eigenvalue weighted by atomic mass is 19.4. The van der Waals surface area contributed by atoms with Gasteiger partial charge in [0, 0.05) is 18.0 Å². The highest BCUT2D eigenvalue weighted by Gasteiger charge is 2.31. The minimum absolute atomic E-state index is 0.106. The van der Waals surface area contributed by atoms with Crippen molar-refractivity contribution < 1.29 is 27.5 Å². The molecule has 9 heteroatoms. The van der Waals surface area contributed by atoms with Crippen LogP contribution in [0.4, 0.5) is 13.2 Å². The SMILES string of the molecule is CC(C)Cn1nc(C(=O)N[C@H]2CC[C@@H](C(=O)O[C@@H](C)c3ccccc3)CC2)c2c(Cc3ccc(C(F)(F)F)cc3)cccc21. The second-order valence-electron chi connectivity index (χ2n) is 12.1. The molecule has 0 spiro atoms. The number of ether oxygens (including phenoxy) is 1. The number of alkyl halides is 3. The summed E-state index contributed by atoms with van der Waals surface area (Å²) in [4.78, 5) is 26.5. The topological polar surface area (TPSA) is 73.2 Å². The molecule has 1 aliphatic rings. The molecule has 0 radical (unpaired) electrons. The first-order chi connectivity index (χ1) is 21.0. The number of carbonyl (C=O) groups is 2. The van der Waals surface area contributed by atoms with Crippen LogP contribution in [0.25, 0.3) is 10.9 Å². The van der Waals surface area contributed by atoms with E-state index >= 15 is 0 Å². The molecule has 1 amide bonds. The number of benzene rings is 3. The highest BCUT2D eigenvalue weighted by molar-refractivity contribution is 6.06. The van der Waals surface area contributed by atoms with E-state index in [2.05, 4.69) is 19.2 Å². The zero-order chi connectivity index (χ0) is 31.4. The number of carbonyl (C=O) groups excluding carboxylic acids is 2. The molecule has 1 fully saturated rings. The lowest BCUT2D eigenvalue weighted by molar-refractivity contribution is -0.154. The summed E-state index contributed by atoms with van der Waals surface area (Å²) in [5, 5.41) is 8.58. The van der Waals surface area contributed by atoms with E-state index < -0.39 is 11.7 Å². The molecule has 1 N–H and O–H groups in total. The molecule has 1 saturated carbocycles. The van der Waals surface area contributed by atoms with Crippen molar-refractivity contribution in [3.8, 4) is 0 Å². The van der Waals surface area contributed by atoms with Gasteiger partial charge >= 0.3 is 12.1 Å². The summed E-state index contributed by atoms with van der Waals surface area (Å²) < 4.78 is 46.9. The molecule has 0 saturated heterocycles. The number of aromatic nitrogens is 2. The molecule has 3 aromatic carbocycles. The average Bonchev–Trinajstić information content (AvgIpc) is 3.36. The molecule has 0 unspecified atom stereocenters. The van der Waals surface area contributed by atoms with Crippen molar-refractivity contribution in [1.29, 1.82) is 0 Å². The van der Waals surface area contributed by atoms with Gasteiger partial charge in [-0.15, -0.1) is 0 Å². The van der Waals surface area contributed by atoms with Crippen LogP contribution in [0.2, 0.25) is 0 Å². The number of hydrogen-bond acceptors (Lipinski definition) is 4. The summed E-state index contributed by atoms with van der Waals surface area (Å²) in [6, 6.07) is 20.3. The zero-order valence-electron chi connectivity index (χ0n) is 25.2. The maximum Gasteiger partial charge on any atom is 0.416 e. The Labute approximate surface area is 255 Å². The third-order valence-corrected chi connectivity index (χ3v) is 8.25. The smallest absolute Gasteiger partial charge is 0.416 e. The number of fused-ring (bicyclic) bond motifs is 1. The van der Waals surface area contributed by atoms with E-state index in [1.165, 1.54) is 12.1 Å². The van der Waals surface area contributed by atoms with Crippen molar-refractivity contribution in [3.63, 3.8) is 0 Å². The molecule has 6 nitrogen and oxygen atoms in total. The van der Waals surface area contributed by atoms with Crippen LogP contribution >= 0.6 is 0 Å². The molecule has 4 aromatic rings. The van der Waals surface area contributed by atoms with Gasteiger partial charge in [0.15, 0.2) is 5.69 Å². The van der Waals surface area contributed by atoms with Crippen molar-refractivity contribution in [2.24, 2.45) is 11.8 Å². The van der Waals surface area contributed by atoms with E-state index in [4.69, 9.17) is 9.84 Å². The normalized spacial score (nSPS) is 17.9. The Morgan fingerprint density at radius 3 is 2.25 bits per heavy atom. The molecule has 232 valence electrons. The van der Waals surface area contributed by atoms with Crippen LogP contribution in [0.5, 0.6) is 0 Å². The molecule has 5 rings (SSSR count). The minimum Gasteiger partial charge on any atom is -0.458 e. The van der Waals surface area contributed by atoms with E-state index in [-0.39, 0.29) is 35.9 Å². The van der Waals surface area contributed by atoms with Gasteiger partial charge in [0.2, 0.25) is 0 Å². The number of nitrogens with one attached hydrogen (secondary N) is 1. The Kier molecular flexibility index (Phi) is 9.42. The predicted molar refractivity (Wildman–Crippen MR) is 163 cm³/mol. The zero-order valence-corrected chi connectivity index (χ0v) is 25.2. The van der Waals surface area contributed by atoms with Crippen molar-refractivity contribution in [3.05, 3.63) is 101 Å². The third-order valence-electron chi connectivity index (χ3n) is 8.25. The maximum absolute atomic E-state index is 13.7. The van der Waals surface area contributed by atoms with Gasteiger partial charge in [0.1, 0.15) is 6.10 Å². The molecule has 1 aliphatic carbocycles. The Bertz CT molecular complexity index is 1590. The Hall–Kier alpha value is -4.14. The van der Waals surface area contributed by atoms with Crippen LogP contribution in [-0.2, 0) is 28.7 Å². The second kappa shape index (κ2) is 13.2. The van der Waals surface area contributed by atoms with Crippen molar-refractivity contribution in [2.45, 2.75) is 77.7 Å². The molecular formula is C35H38F3N3O3. The molecule has 1 atom stereocenters. The fourth-order valence-electron chi connectivity index (χ4n) is 5.91. The van der Waals surface area contributed by atoms with Gasteiger partial charge in [-0.25, -0.2) is 0 Å². The number of halogens is 3. The van der Waals surface area contributed by atoms with Gasteiger partial charge in [-0.3, -0.25) is 14.3 Å². The van der Waals surface area contributed by atoms with Gasteiger partial charge in [0.05, 0.1) is 17.0 Å². The van der Waals surface area contributed by atoms with Crippen molar-refractivity contribution in [1.82, 2.24) is 15.1 Å². The lowest BCUT2D eigenvalue weighted by Gasteiger charge is -2.28. The lowest BCUT2D eigenvalue weighted by atomic mass is 9.86. The van der Waals surface area contributed by atoms with Crippen molar-refractivity contribution in [2.75, 3.05) is 0 Å². The summed E-state index contributed by atoms with van der Waals surface area (Å²) in [7, 11) is 0. The lowest BCUT2D eigenvalue weighted by Crippen LogP contribution is -2.39. The number of esters is 1. The van der Waals surface area contributed by atoms with Gasteiger partial charge in [-0.1, -0.05) is 68.4 Å². The monoisotopic (exact) mass is 605 g/mol. The van der Waals surface area contributed by atoms with E-state index in [0.29, 0.717) is 55.3 Å². The first kappa shape index (κ1) is 31.3. The second-order valence-corrected chi connectivity index (χ2v) is 12.1. The van der Waals surface area contributed by atoms with Gasteiger partial charge < -0.3 is 10.1 Å². The van der Waals surface area contributed by atoms with Crippen LogP contribution in [0, 0.1) is 11.8 Å². The Morgan fingerprint density at radius 1 is 0.932 bits per heavy atom. The molecule has 0 bridgehead atoms. The fraction of sp³-hybridized carbons (Fsp3) is 0.400. The average molecular weight is 606 g/mol. The van der Waals surface area contributed by atoms with E-state index in [1.807, 2.05) is 60.1 Å². The summed E-state index contributed by atoms with van der Waals surface area (Å²) in [6.45, 7) is 6.63. The molecule has 1 heterocycles. The van der Waals surface area contributed by atoms with Crippen LogP contribution in [0.1, 0.15) is 85.3 Å². The van der Waals surface area contributed by atoms with Gasteiger partial charge in [0.25, 0.3) is 5.91 Å². The Balaban J connectivity index is 1.29. The quantitative estimate of drug-likeness (QED) is 0.197. The molecule has 0 aliphatic heterocycles. The standard InChI is InChI=1S/C35H38F3N3O3/c1-22(2)21-41-30-11-7-10-27(20-24-12-16-28(17-13-24)35(36,37)38)31(30)32(40-41)33(42)39-29-18-14-26(15-19-29)34(43)44-23(3)25-8-5-4-6-9-25/h4-13,16-17,22-23,26,29H,14-15,18-21H2,1-3H3,(H,39,42)/t23-,26-,29+/m0/s1. The maximum atomic E-state index is 13.7. The molecular weight excluding hydrogens is 567 g/mol.